The third-order valence-corrected chi connectivity index (χ3v) is 3.29. The molecule has 6 nitrogen and oxygen atoms in total. The predicted octanol–water partition coefficient (Wildman–Crippen LogP) is 2.44. The van der Waals surface area contributed by atoms with Crippen LogP contribution in [0.25, 0.3) is 0 Å². The maximum absolute atomic E-state index is 11.7. The standard InChI is InChI=1S/C17H16O6/c1-12(22-13-8-4-2-5-9-13)17(15(18)19,16(20)21)23-14-10-6-3-7-11-14/h2-12H,1H3,(H,18,19)(H,20,21). The molecule has 23 heavy (non-hydrogen) atoms. The molecule has 2 aromatic carbocycles. The Labute approximate surface area is 132 Å². The minimum absolute atomic E-state index is 0.126. The molecule has 0 bridgehead atoms. The van der Waals surface area contributed by atoms with Crippen molar-refractivity contribution >= 4 is 11.9 Å². The molecule has 2 aromatic rings. The Morgan fingerprint density at radius 3 is 1.74 bits per heavy atom. The van der Waals surface area contributed by atoms with Crippen LogP contribution in [0.1, 0.15) is 6.92 Å². The van der Waals surface area contributed by atoms with Crippen molar-refractivity contribution in [1.29, 1.82) is 0 Å². The molecule has 0 aliphatic rings. The first-order chi connectivity index (χ1) is 11.0. The molecule has 0 aliphatic heterocycles. The van der Waals surface area contributed by atoms with E-state index in [0.29, 0.717) is 5.75 Å². The molecule has 0 heterocycles. The summed E-state index contributed by atoms with van der Waals surface area (Å²) in [5, 5.41) is 19.0. The normalized spacial score (nSPS) is 12.2. The van der Waals surface area contributed by atoms with Gasteiger partial charge in [-0.15, -0.1) is 0 Å². The van der Waals surface area contributed by atoms with Gasteiger partial charge in [0.2, 0.25) is 0 Å². The second kappa shape index (κ2) is 6.83. The minimum atomic E-state index is -2.57. The summed E-state index contributed by atoms with van der Waals surface area (Å²) in [5.74, 6) is -2.81. The Balaban J connectivity index is 2.36. The van der Waals surface area contributed by atoms with E-state index < -0.39 is 23.6 Å². The zero-order valence-electron chi connectivity index (χ0n) is 12.4. The van der Waals surface area contributed by atoms with Crippen LogP contribution in [0.2, 0.25) is 0 Å². The highest BCUT2D eigenvalue weighted by atomic mass is 16.6. The number of carboxylic acids is 2. The van der Waals surface area contributed by atoms with Crippen molar-refractivity contribution < 1.29 is 29.3 Å². The lowest BCUT2D eigenvalue weighted by Crippen LogP contribution is -2.61. The molecule has 2 rings (SSSR count). The Bertz CT molecular complexity index is 654. The summed E-state index contributed by atoms with van der Waals surface area (Å²) in [6.45, 7) is 1.35. The molecule has 0 fully saturated rings. The quantitative estimate of drug-likeness (QED) is 0.762. The van der Waals surface area contributed by atoms with E-state index in [-0.39, 0.29) is 5.75 Å². The fourth-order valence-corrected chi connectivity index (χ4v) is 2.07. The Morgan fingerprint density at radius 1 is 0.870 bits per heavy atom. The number of benzene rings is 2. The molecule has 0 saturated heterocycles. The lowest BCUT2D eigenvalue weighted by atomic mass is 9.97. The SMILES string of the molecule is CC(Oc1ccccc1)C(Oc1ccccc1)(C(=O)O)C(=O)O. The summed E-state index contributed by atoms with van der Waals surface area (Å²) in [7, 11) is 0. The fourth-order valence-electron chi connectivity index (χ4n) is 2.07. The van der Waals surface area contributed by atoms with Crippen LogP contribution in [0.15, 0.2) is 60.7 Å². The second-order valence-electron chi connectivity index (χ2n) is 4.83. The van der Waals surface area contributed by atoms with Crippen LogP contribution in [-0.2, 0) is 9.59 Å². The van der Waals surface area contributed by atoms with Gasteiger partial charge in [0.25, 0.3) is 0 Å². The van der Waals surface area contributed by atoms with E-state index in [9.17, 15) is 19.8 Å². The number of ether oxygens (including phenoxy) is 2. The van der Waals surface area contributed by atoms with E-state index in [0.717, 1.165) is 0 Å². The molecule has 120 valence electrons. The summed E-state index contributed by atoms with van der Waals surface area (Å²) in [5.41, 5.74) is -2.57. The van der Waals surface area contributed by atoms with E-state index in [1.54, 1.807) is 48.5 Å². The van der Waals surface area contributed by atoms with Gasteiger partial charge in [-0.2, -0.15) is 0 Å². The van der Waals surface area contributed by atoms with Crippen LogP contribution >= 0.6 is 0 Å². The highest BCUT2D eigenvalue weighted by Crippen LogP contribution is 2.26. The predicted molar refractivity (Wildman–Crippen MR) is 81.6 cm³/mol. The Hall–Kier alpha value is -3.02. The maximum atomic E-state index is 11.7. The second-order valence-corrected chi connectivity index (χ2v) is 4.83. The van der Waals surface area contributed by atoms with Gasteiger partial charge in [-0.05, 0) is 31.2 Å². The maximum Gasteiger partial charge on any atom is 0.364 e. The van der Waals surface area contributed by atoms with Crippen molar-refractivity contribution in [3.8, 4) is 11.5 Å². The van der Waals surface area contributed by atoms with E-state index in [1.807, 2.05) is 0 Å². The topological polar surface area (TPSA) is 93.1 Å². The van der Waals surface area contributed by atoms with Gasteiger partial charge in [0.15, 0.2) is 6.10 Å². The van der Waals surface area contributed by atoms with Crippen molar-refractivity contribution in [1.82, 2.24) is 0 Å². The molecule has 2 N–H and O–H groups in total. The van der Waals surface area contributed by atoms with Gasteiger partial charge in [-0.1, -0.05) is 36.4 Å². The summed E-state index contributed by atoms with van der Waals surface area (Å²) in [6.07, 6.45) is -1.28. The molecular formula is C17H16O6. The van der Waals surface area contributed by atoms with Gasteiger partial charge in [-0.3, -0.25) is 0 Å². The van der Waals surface area contributed by atoms with Gasteiger partial charge < -0.3 is 19.7 Å². The van der Waals surface area contributed by atoms with E-state index in [1.165, 1.54) is 19.1 Å². The average molecular weight is 316 g/mol. The molecule has 1 atom stereocenters. The first kappa shape index (κ1) is 16.4. The fraction of sp³-hybridized carbons (Fsp3) is 0.176. The summed E-state index contributed by atoms with van der Waals surface area (Å²) in [4.78, 5) is 23.4. The van der Waals surface area contributed by atoms with Crippen molar-refractivity contribution in [2.45, 2.75) is 18.6 Å². The first-order valence-corrected chi connectivity index (χ1v) is 6.89. The minimum Gasteiger partial charge on any atom is -0.485 e. The highest BCUT2D eigenvalue weighted by Gasteiger charge is 2.56. The monoisotopic (exact) mass is 316 g/mol. The number of para-hydroxylation sites is 2. The lowest BCUT2D eigenvalue weighted by molar-refractivity contribution is -0.181. The van der Waals surface area contributed by atoms with Crippen LogP contribution in [-0.4, -0.2) is 33.9 Å². The molecule has 0 aliphatic carbocycles. The number of rotatable bonds is 7. The van der Waals surface area contributed by atoms with Crippen molar-refractivity contribution in [2.75, 3.05) is 0 Å². The molecule has 0 saturated carbocycles. The van der Waals surface area contributed by atoms with Gasteiger partial charge in [0.05, 0.1) is 0 Å². The Kier molecular flexibility index (Phi) is 4.85. The number of aliphatic carboxylic acids is 2. The van der Waals surface area contributed by atoms with Crippen LogP contribution in [0.3, 0.4) is 0 Å². The summed E-state index contributed by atoms with van der Waals surface area (Å²) < 4.78 is 10.8. The zero-order valence-corrected chi connectivity index (χ0v) is 12.4. The summed E-state index contributed by atoms with van der Waals surface area (Å²) >= 11 is 0. The molecule has 1 unspecified atom stereocenters. The van der Waals surface area contributed by atoms with Crippen molar-refractivity contribution in [2.24, 2.45) is 0 Å². The summed E-state index contributed by atoms with van der Waals surface area (Å²) in [6, 6.07) is 16.3. The third kappa shape index (κ3) is 3.42. The largest absolute Gasteiger partial charge is 0.485 e. The molecule has 0 radical (unpaired) electrons. The van der Waals surface area contributed by atoms with E-state index in [2.05, 4.69) is 0 Å². The van der Waals surface area contributed by atoms with Gasteiger partial charge in [-0.25, -0.2) is 9.59 Å². The van der Waals surface area contributed by atoms with Gasteiger partial charge in [0.1, 0.15) is 11.5 Å². The van der Waals surface area contributed by atoms with Crippen molar-refractivity contribution in [3.63, 3.8) is 0 Å². The smallest absolute Gasteiger partial charge is 0.364 e. The van der Waals surface area contributed by atoms with Crippen LogP contribution in [0.4, 0.5) is 0 Å². The lowest BCUT2D eigenvalue weighted by Gasteiger charge is -2.31. The van der Waals surface area contributed by atoms with Crippen LogP contribution in [0, 0.1) is 0 Å². The van der Waals surface area contributed by atoms with Crippen molar-refractivity contribution in [3.05, 3.63) is 60.7 Å². The molecular weight excluding hydrogens is 300 g/mol. The van der Waals surface area contributed by atoms with Crippen LogP contribution < -0.4 is 9.47 Å². The van der Waals surface area contributed by atoms with Gasteiger partial charge in [0, 0.05) is 0 Å². The van der Waals surface area contributed by atoms with E-state index in [4.69, 9.17) is 9.47 Å². The number of carbonyl (C=O) groups is 2. The molecule has 0 spiro atoms. The molecule has 6 heteroatoms. The number of hydrogen-bond donors (Lipinski definition) is 2. The number of carboxylic acid groups (broad SMARTS) is 2. The van der Waals surface area contributed by atoms with E-state index >= 15 is 0 Å². The zero-order chi connectivity index (χ0) is 16.9. The van der Waals surface area contributed by atoms with Gasteiger partial charge >= 0.3 is 17.5 Å². The Morgan fingerprint density at radius 2 is 1.30 bits per heavy atom. The molecule has 0 amide bonds. The first-order valence-electron chi connectivity index (χ1n) is 6.89. The average Bonchev–Trinajstić information content (AvgIpc) is 2.53. The highest BCUT2D eigenvalue weighted by molar-refractivity contribution is 6.03. The molecule has 0 aromatic heterocycles. The third-order valence-electron chi connectivity index (χ3n) is 3.29. The number of hydrogen-bond acceptors (Lipinski definition) is 4. The van der Waals surface area contributed by atoms with Crippen LogP contribution in [0.5, 0.6) is 11.5 Å².